The van der Waals surface area contributed by atoms with Crippen molar-refractivity contribution in [2.45, 2.75) is 20.8 Å². The molecule has 0 fully saturated rings. The Morgan fingerprint density at radius 3 is 2.10 bits per heavy atom. The Morgan fingerprint density at radius 2 is 1.52 bits per heavy atom. The quantitative estimate of drug-likeness (QED) is 0.759. The molecule has 21 heavy (non-hydrogen) atoms. The Hall–Kier alpha value is -2.08. The second-order valence-corrected chi connectivity index (χ2v) is 4.81. The number of hydrogen-bond acceptors (Lipinski definition) is 6. The van der Waals surface area contributed by atoms with Gasteiger partial charge in [0.2, 0.25) is 17.8 Å². The normalized spacial score (nSPS) is 10.3. The summed E-state index contributed by atoms with van der Waals surface area (Å²) in [4.78, 5) is 13.0. The summed E-state index contributed by atoms with van der Waals surface area (Å²) in [6.07, 6.45) is 0. The van der Waals surface area contributed by atoms with Gasteiger partial charge in [0.25, 0.3) is 0 Å². The summed E-state index contributed by atoms with van der Waals surface area (Å²) >= 11 is 6.12. The Morgan fingerprint density at radius 1 is 0.952 bits per heavy atom. The molecule has 1 aromatic heterocycles. The van der Waals surface area contributed by atoms with E-state index in [1.165, 1.54) is 0 Å². The number of anilines is 4. The molecule has 0 radical (unpaired) electrons. The van der Waals surface area contributed by atoms with Gasteiger partial charge in [0, 0.05) is 23.8 Å². The van der Waals surface area contributed by atoms with Crippen LogP contribution in [-0.2, 0) is 0 Å². The first kappa shape index (κ1) is 15.3. The van der Waals surface area contributed by atoms with Crippen molar-refractivity contribution >= 4 is 35.1 Å². The average molecular weight is 307 g/mol. The van der Waals surface area contributed by atoms with E-state index in [-0.39, 0.29) is 0 Å². The van der Waals surface area contributed by atoms with Crippen LogP contribution in [0.25, 0.3) is 0 Å². The van der Waals surface area contributed by atoms with Crippen LogP contribution in [0, 0.1) is 6.92 Å². The van der Waals surface area contributed by atoms with Crippen molar-refractivity contribution in [3.63, 3.8) is 0 Å². The van der Waals surface area contributed by atoms with E-state index < -0.39 is 0 Å². The third-order valence-electron chi connectivity index (χ3n) is 2.82. The summed E-state index contributed by atoms with van der Waals surface area (Å²) in [5, 5.41) is 10.1. The van der Waals surface area contributed by atoms with Gasteiger partial charge in [-0.15, -0.1) is 0 Å². The topological polar surface area (TPSA) is 74.8 Å². The zero-order valence-corrected chi connectivity index (χ0v) is 13.1. The van der Waals surface area contributed by atoms with Crippen molar-refractivity contribution < 1.29 is 0 Å². The molecule has 0 unspecified atom stereocenters. The molecule has 112 valence electrons. The highest BCUT2D eigenvalue weighted by atomic mass is 35.5. The third kappa shape index (κ3) is 3.95. The molecular formula is C14H19ClN6. The van der Waals surface area contributed by atoms with Crippen LogP contribution in [0.5, 0.6) is 0 Å². The first-order valence-corrected chi connectivity index (χ1v) is 7.27. The zero-order chi connectivity index (χ0) is 15.2. The zero-order valence-electron chi connectivity index (χ0n) is 12.4. The van der Waals surface area contributed by atoms with Crippen LogP contribution >= 0.6 is 11.6 Å². The van der Waals surface area contributed by atoms with Crippen LogP contribution in [0.1, 0.15) is 19.4 Å². The lowest BCUT2D eigenvalue weighted by Crippen LogP contribution is -2.11. The molecule has 2 rings (SSSR count). The summed E-state index contributed by atoms with van der Waals surface area (Å²) in [7, 11) is 0. The highest BCUT2D eigenvalue weighted by Gasteiger charge is 2.08. The summed E-state index contributed by atoms with van der Waals surface area (Å²) in [6.45, 7) is 7.41. The van der Waals surface area contributed by atoms with Gasteiger partial charge in [-0.3, -0.25) is 0 Å². The van der Waals surface area contributed by atoms with Crippen molar-refractivity contribution in [2.24, 2.45) is 0 Å². The molecule has 1 aromatic carbocycles. The van der Waals surface area contributed by atoms with Crippen LogP contribution in [0.15, 0.2) is 18.2 Å². The van der Waals surface area contributed by atoms with Crippen molar-refractivity contribution in [2.75, 3.05) is 29.0 Å². The number of nitrogens with zero attached hydrogens (tertiary/aromatic N) is 3. The fraction of sp³-hybridized carbons (Fsp3) is 0.357. The number of nitrogens with one attached hydrogen (secondary N) is 3. The van der Waals surface area contributed by atoms with E-state index >= 15 is 0 Å². The van der Waals surface area contributed by atoms with Crippen LogP contribution in [0.3, 0.4) is 0 Å². The Kier molecular flexibility index (Phi) is 5.16. The van der Waals surface area contributed by atoms with E-state index in [2.05, 4.69) is 30.9 Å². The van der Waals surface area contributed by atoms with E-state index in [0.29, 0.717) is 22.9 Å². The fourth-order valence-electron chi connectivity index (χ4n) is 1.77. The monoisotopic (exact) mass is 306 g/mol. The smallest absolute Gasteiger partial charge is 0.233 e. The van der Waals surface area contributed by atoms with Crippen LogP contribution in [0.4, 0.5) is 23.5 Å². The van der Waals surface area contributed by atoms with Crippen molar-refractivity contribution in [3.8, 4) is 0 Å². The highest BCUT2D eigenvalue weighted by Crippen LogP contribution is 2.25. The maximum Gasteiger partial charge on any atom is 0.233 e. The molecule has 0 amide bonds. The van der Waals surface area contributed by atoms with E-state index in [1.54, 1.807) is 0 Å². The summed E-state index contributed by atoms with van der Waals surface area (Å²) in [5.41, 5.74) is 1.83. The van der Waals surface area contributed by atoms with E-state index in [0.717, 1.165) is 24.3 Å². The van der Waals surface area contributed by atoms with Crippen molar-refractivity contribution in [1.82, 2.24) is 15.0 Å². The van der Waals surface area contributed by atoms with Gasteiger partial charge in [-0.05, 0) is 38.5 Å². The maximum atomic E-state index is 6.12. The van der Waals surface area contributed by atoms with E-state index in [4.69, 9.17) is 11.6 Å². The molecule has 3 N–H and O–H groups in total. The first-order valence-electron chi connectivity index (χ1n) is 6.90. The summed E-state index contributed by atoms with van der Waals surface area (Å²) in [6, 6.07) is 5.67. The second-order valence-electron chi connectivity index (χ2n) is 4.40. The Labute approximate surface area is 129 Å². The molecule has 6 nitrogen and oxygen atoms in total. The van der Waals surface area contributed by atoms with Gasteiger partial charge in [0.1, 0.15) is 0 Å². The molecule has 1 heterocycles. The molecular weight excluding hydrogens is 288 g/mol. The predicted molar refractivity (Wildman–Crippen MR) is 87.6 cm³/mol. The van der Waals surface area contributed by atoms with Gasteiger partial charge in [0.15, 0.2) is 0 Å². The molecule has 0 bridgehead atoms. The molecule has 0 atom stereocenters. The minimum atomic E-state index is 0.474. The van der Waals surface area contributed by atoms with Gasteiger partial charge in [0.05, 0.1) is 0 Å². The lowest BCUT2D eigenvalue weighted by atomic mass is 10.2. The molecule has 0 aliphatic rings. The Balaban J connectivity index is 2.31. The molecule has 0 aliphatic carbocycles. The van der Waals surface area contributed by atoms with Crippen molar-refractivity contribution in [3.05, 3.63) is 28.8 Å². The van der Waals surface area contributed by atoms with E-state index in [1.807, 2.05) is 39.0 Å². The predicted octanol–water partition coefficient (Wildman–Crippen LogP) is 3.44. The lowest BCUT2D eigenvalue weighted by molar-refractivity contribution is 1.00. The first-order chi connectivity index (χ1) is 10.1. The number of halogens is 1. The second kappa shape index (κ2) is 7.08. The number of hydrogen-bond donors (Lipinski definition) is 3. The summed E-state index contributed by atoms with van der Waals surface area (Å²) in [5.74, 6) is 1.54. The minimum absolute atomic E-state index is 0.474. The fourth-order valence-corrected chi connectivity index (χ4v) is 1.94. The third-order valence-corrected chi connectivity index (χ3v) is 3.23. The molecule has 0 saturated heterocycles. The minimum Gasteiger partial charge on any atom is -0.354 e. The van der Waals surface area contributed by atoms with Crippen LogP contribution in [0.2, 0.25) is 5.02 Å². The standard InChI is InChI=1S/C14H19ClN6/c1-4-16-12-19-13(17-5-2)21-14(20-12)18-11-8-6-7-10(15)9(11)3/h6-8H,4-5H2,1-3H3,(H3,16,17,18,19,20,21). The SMILES string of the molecule is CCNc1nc(NCC)nc(Nc2cccc(Cl)c2C)n1. The van der Waals surface area contributed by atoms with Crippen LogP contribution in [-0.4, -0.2) is 28.0 Å². The van der Waals surface area contributed by atoms with Crippen molar-refractivity contribution in [1.29, 1.82) is 0 Å². The van der Waals surface area contributed by atoms with Gasteiger partial charge in [-0.2, -0.15) is 15.0 Å². The molecule has 0 aliphatic heterocycles. The molecule has 0 saturated carbocycles. The van der Waals surface area contributed by atoms with Gasteiger partial charge < -0.3 is 16.0 Å². The van der Waals surface area contributed by atoms with Gasteiger partial charge in [-0.1, -0.05) is 17.7 Å². The molecule has 0 spiro atoms. The Bertz CT molecular complexity index is 592. The number of aromatic nitrogens is 3. The average Bonchev–Trinajstić information content (AvgIpc) is 2.44. The van der Waals surface area contributed by atoms with Gasteiger partial charge >= 0.3 is 0 Å². The largest absolute Gasteiger partial charge is 0.354 e. The molecule has 2 aromatic rings. The van der Waals surface area contributed by atoms with E-state index in [9.17, 15) is 0 Å². The number of benzene rings is 1. The van der Waals surface area contributed by atoms with Crippen LogP contribution < -0.4 is 16.0 Å². The molecule has 7 heteroatoms. The number of rotatable bonds is 6. The summed E-state index contributed by atoms with van der Waals surface area (Å²) < 4.78 is 0. The van der Waals surface area contributed by atoms with Gasteiger partial charge in [-0.25, -0.2) is 0 Å². The lowest BCUT2D eigenvalue weighted by Gasteiger charge is -2.12. The maximum absolute atomic E-state index is 6.12. The highest BCUT2D eigenvalue weighted by molar-refractivity contribution is 6.31.